The van der Waals surface area contributed by atoms with E-state index >= 15 is 0 Å². The summed E-state index contributed by atoms with van der Waals surface area (Å²) < 4.78 is 10.0. The molecule has 0 aromatic rings. The van der Waals surface area contributed by atoms with Crippen molar-refractivity contribution in [2.75, 3.05) is 0 Å². The molecule has 0 aromatic heterocycles. The highest BCUT2D eigenvalue weighted by atomic mass is 16.7. The lowest BCUT2D eigenvalue weighted by atomic mass is 9.98. The van der Waals surface area contributed by atoms with Gasteiger partial charge >= 0.3 is 6.16 Å². The van der Waals surface area contributed by atoms with E-state index in [1.165, 1.54) is 19.3 Å². The lowest BCUT2D eigenvalue weighted by Crippen LogP contribution is -2.23. The lowest BCUT2D eigenvalue weighted by molar-refractivity contribution is -0.00309. The average Bonchev–Trinajstić information content (AvgIpc) is 2.34. The monoisotopic (exact) mass is 246 g/mol. The van der Waals surface area contributed by atoms with Crippen molar-refractivity contribution in [2.45, 2.75) is 85.9 Å². The Kier molecular flexibility index (Phi) is 14.6. The van der Waals surface area contributed by atoms with Gasteiger partial charge in [-0.1, -0.05) is 34.1 Å². The topological polar surface area (TPSA) is 35.5 Å². The van der Waals surface area contributed by atoms with E-state index in [4.69, 9.17) is 9.47 Å². The maximum Gasteiger partial charge on any atom is 0.508 e. The smallest absolute Gasteiger partial charge is 0.432 e. The van der Waals surface area contributed by atoms with Crippen LogP contribution in [0.1, 0.15) is 73.6 Å². The summed E-state index contributed by atoms with van der Waals surface area (Å²) in [5, 5.41) is 0. The fourth-order valence-electron chi connectivity index (χ4n) is 1.54. The first-order valence-electron chi connectivity index (χ1n) is 7.05. The molecule has 104 valence electrons. The number of hydrogen-bond donors (Lipinski definition) is 0. The van der Waals surface area contributed by atoms with Gasteiger partial charge in [0.1, 0.15) is 6.10 Å². The number of ether oxygens (including phenoxy) is 2. The van der Waals surface area contributed by atoms with Gasteiger partial charge in [-0.25, -0.2) is 4.79 Å². The first-order valence-corrected chi connectivity index (χ1v) is 7.05. The van der Waals surface area contributed by atoms with Crippen LogP contribution in [-0.2, 0) is 9.47 Å². The van der Waals surface area contributed by atoms with Crippen LogP contribution < -0.4 is 0 Å². The normalized spacial score (nSPS) is 15.0. The van der Waals surface area contributed by atoms with Crippen molar-refractivity contribution in [1.29, 1.82) is 0 Å². The number of carbonyl (C=O) groups excluding carboxylic acids is 1. The van der Waals surface area contributed by atoms with Crippen LogP contribution in [0.25, 0.3) is 0 Å². The summed E-state index contributed by atoms with van der Waals surface area (Å²) >= 11 is 0. The molecular weight excluding hydrogens is 216 g/mol. The van der Waals surface area contributed by atoms with Crippen LogP contribution in [0.5, 0.6) is 0 Å². The minimum atomic E-state index is -0.512. The molecule has 1 aliphatic rings. The fraction of sp³-hybridized carbons (Fsp3) is 0.929. The van der Waals surface area contributed by atoms with Gasteiger partial charge in [0.15, 0.2) is 0 Å². The zero-order chi connectivity index (χ0) is 13.7. The highest BCUT2D eigenvalue weighted by Crippen LogP contribution is 2.20. The van der Waals surface area contributed by atoms with Crippen LogP contribution in [-0.4, -0.2) is 18.4 Å². The molecule has 0 spiro atoms. The summed E-state index contributed by atoms with van der Waals surface area (Å²) in [7, 11) is 0. The zero-order valence-corrected chi connectivity index (χ0v) is 12.4. The molecule has 0 radical (unpaired) electrons. The van der Waals surface area contributed by atoms with Crippen LogP contribution >= 0.6 is 0 Å². The van der Waals surface area contributed by atoms with Gasteiger partial charge < -0.3 is 9.47 Å². The molecule has 1 rings (SSSR count). The Balaban J connectivity index is 0. The van der Waals surface area contributed by atoms with Crippen molar-refractivity contribution in [3.63, 3.8) is 0 Å². The third-order valence-corrected chi connectivity index (χ3v) is 2.15. The lowest BCUT2D eigenvalue weighted by Gasteiger charge is -2.21. The van der Waals surface area contributed by atoms with Crippen molar-refractivity contribution in [3.8, 4) is 0 Å². The molecule has 3 nitrogen and oxygen atoms in total. The van der Waals surface area contributed by atoms with Crippen LogP contribution in [0.4, 0.5) is 4.79 Å². The first-order chi connectivity index (χ1) is 8.18. The van der Waals surface area contributed by atoms with E-state index in [1.807, 2.05) is 41.5 Å². The number of hydrogen-bond acceptors (Lipinski definition) is 3. The Morgan fingerprint density at radius 3 is 1.88 bits per heavy atom. The summed E-state index contributed by atoms with van der Waals surface area (Å²) in [5.74, 6) is 0. The highest BCUT2D eigenvalue weighted by molar-refractivity contribution is 5.60. The maximum atomic E-state index is 11.1. The Hall–Kier alpha value is -0.730. The summed E-state index contributed by atoms with van der Waals surface area (Å²) in [6.07, 6.45) is 5.08. The Bertz CT molecular complexity index is 161. The molecule has 1 aliphatic carbocycles. The minimum Gasteiger partial charge on any atom is -0.432 e. The van der Waals surface area contributed by atoms with Gasteiger partial charge in [0, 0.05) is 0 Å². The molecule has 0 aliphatic heterocycles. The molecular formula is C14H30O3. The third-order valence-electron chi connectivity index (χ3n) is 2.15. The summed E-state index contributed by atoms with van der Waals surface area (Å²) in [5.41, 5.74) is 0. The van der Waals surface area contributed by atoms with Crippen molar-refractivity contribution >= 4 is 6.16 Å². The predicted molar refractivity (Wildman–Crippen MR) is 72.3 cm³/mol. The Morgan fingerprint density at radius 2 is 1.47 bits per heavy atom. The van der Waals surface area contributed by atoms with Crippen LogP contribution in [0.3, 0.4) is 0 Å². The summed E-state index contributed by atoms with van der Waals surface area (Å²) in [4.78, 5) is 11.1. The van der Waals surface area contributed by atoms with Crippen molar-refractivity contribution in [2.24, 2.45) is 0 Å². The van der Waals surface area contributed by atoms with Gasteiger partial charge in [0.2, 0.25) is 0 Å². The van der Waals surface area contributed by atoms with Gasteiger partial charge in [0.25, 0.3) is 0 Å². The molecule has 0 N–H and O–H groups in total. The summed E-state index contributed by atoms with van der Waals surface area (Å²) in [6.45, 7) is 11.6. The van der Waals surface area contributed by atoms with E-state index in [9.17, 15) is 4.79 Å². The summed E-state index contributed by atoms with van der Waals surface area (Å²) in [6, 6.07) is 0. The number of carbonyl (C=O) groups is 1. The van der Waals surface area contributed by atoms with E-state index in [-0.39, 0.29) is 12.2 Å². The molecule has 17 heavy (non-hydrogen) atoms. The SMILES string of the molecule is CC.CC.CC(C)OC(=O)OC1CCCCC1. The minimum absolute atomic E-state index is 0.0870. The van der Waals surface area contributed by atoms with Gasteiger partial charge in [-0.15, -0.1) is 0 Å². The standard InChI is InChI=1S/C10H18O3.2C2H6/c1-8(2)12-10(11)13-9-6-4-3-5-7-9;2*1-2/h8-9H,3-7H2,1-2H3;2*1-2H3. The van der Waals surface area contributed by atoms with E-state index in [0.29, 0.717) is 0 Å². The quantitative estimate of drug-likeness (QED) is 0.648. The molecule has 1 saturated carbocycles. The fourth-order valence-corrected chi connectivity index (χ4v) is 1.54. The average molecular weight is 246 g/mol. The van der Waals surface area contributed by atoms with Crippen molar-refractivity contribution in [3.05, 3.63) is 0 Å². The molecule has 0 atom stereocenters. The first kappa shape index (κ1) is 18.6. The van der Waals surface area contributed by atoms with Gasteiger partial charge in [-0.05, 0) is 39.5 Å². The number of rotatable bonds is 2. The molecule has 0 unspecified atom stereocenters. The van der Waals surface area contributed by atoms with Gasteiger partial charge in [0.05, 0.1) is 6.10 Å². The van der Waals surface area contributed by atoms with Crippen LogP contribution in [0, 0.1) is 0 Å². The largest absolute Gasteiger partial charge is 0.508 e. The molecule has 3 heteroatoms. The molecule has 0 saturated heterocycles. The van der Waals surface area contributed by atoms with Crippen molar-refractivity contribution < 1.29 is 14.3 Å². The van der Waals surface area contributed by atoms with Crippen LogP contribution in [0.2, 0.25) is 0 Å². The van der Waals surface area contributed by atoms with Gasteiger partial charge in [-0.3, -0.25) is 0 Å². The second kappa shape index (κ2) is 13.3. The second-order valence-electron chi connectivity index (χ2n) is 3.79. The van der Waals surface area contributed by atoms with E-state index < -0.39 is 6.16 Å². The van der Waals surface area contributed by atoms with E-state index in [2.05, 4.69) is 0 Å². The molecule has 0 bridgehead atoms. The second-order valence-corrected chi connectivity index (χ2v) is 3.79. The molecule has 0 heterocycles. The Labute approximate surface area is 107 Å². The van der Waals surface area contributed by atoms with Gasteiger partial charge in [-0.2, -0.15) is 0 Å². The van der Waals surface area contributed by atoms with E-state index in [1.54, 1.807) is 0 Å². The highest BCUT2D eigenvalue weighted by Gasteiger charge is 2.18. The maximum absolute atomic E-state index is 11.1. The predicted octanol–water partition coefficient (Wildman–Crippen LogP) is 4.93. The molecule has 0 amide bonds. The zero-order valence-electron chi connectivity index (χ0n) is 12.4. The molecule has 0 aromatic carbocycles. The van der Waals surface area contributed by atoms with E-state index in [0.717, 1.165) is 12.8 Å². The van der Waals surface area contributed by atoms with Crippen LogP contribution in [0.15, 0.2) is 0 Å². The third kappa shape index (κ3) is 11.5. The Morgan fingerprint density at radius 1 is 1.00 bits per heavy atom. The molecule has 1 fully saturated rings. The van der Waals surface area contributed by atoms with Crippen molar-refractivity contribution in [1.82, 2.24) is 0 Å².